The number of hydrogen-bond acceptors (Lipinski definition) is 1. The Hall–Kier alpha value is -0.0400. The normalized spacial score (nSPS) is 49.7. The Morgan fingerprint density at radius 1 is 1.44 bits per heavy atom. The average Bonchev–Trinajstić information content (AvgIpc) is 2.12. The molecule has 1 spiro atoms. The van der Waals surface area contributed by atoms with Gasteiger partial charge in [0.2, 0.25) is 0 Å². The minimum absolute atomic E-state index is 0.388. The molecular weight excluding hydrogens is 112 g/mol. The summed E-state index contributed by atoms with van der Waals surface area (Å²) in [5, 5.41) is 0. The third-order valence-corrected chi connectivity index (χ3v) is 2.63. The first kappa shape index (κ1) is 5.72. The number of rotatable bonds is 0. The summed E-state index contributed by atoms with van der Waals surface area (Å²) in [5.41, 5.74) is 0.388. The number of ether oxygens (including phenoxy) is 1. The van der Waals surface area contributed by atoms with Crippen LogP contribution in [0, 0.1) is 5.92 Å². The Labute approximate surface area is 56.4 Å². The van der Waals surface area contributed by atoms with Gasteiger partial charge in [-0.3, -0.25) is 0 Å². The molecule has 2 rings (SSSR count). The Kier molecular flexibility index (Phi) is 1.10. The van der Waals surface area contributed by atoms with Crippen LogP contribution in [0.3, 0.4) is 0 Å². The van der Waals surface area contributed by atoms with E-state index in [4.69, 9.17) is 4.74 Å². The molecule has 1 aliphatic carbocycles. The molecule has 0 aromatic carbocycles. The van der Waals surface area contributed by atoms with Gasteiger partial charge in [-0.1, -0.05) is 6.92 Å². The standard InChI is InChI=1S/C8H14O/c1-7-5-8(6-7)3-2-4-9-8/h7H,2-6H2,1H3. The van der Waals surface area contributed by atoms with Crippen molar-refractivity contribution in [2.24, 2.45) is 5.92 Å². The summed E-state index contributed by atoms with van der Waals surface area (Å²) < 4.78 is 5.65. The van der Waals surface area contributed by atoms with E-state index >= 15 is 0 Å². The maximum Gasteiger partial charge on any atom is 0.0688 e. The third kappa shape index (κ3) is 0.787. The van der Waals surface area contributed by atoms with Gasteiger partial charge >= 0.3 is 0 Å². The summed E-state index contributed by atoms with van der Waals surface area (Å²) in [6, 6.07) is 0. The molecule has 0 unspecified atom stereocenters. The van der Waals surface area contributed by atoms with Gasteiger partial charge < -0.3 is 4.74 Å². The molecule has 0 aromatic heterocycles. The SMILES string of the molecule is CC1CC2(CCCO2)C1. The van der Waals surface area contributed by atoms with Crippen molar-refractivity contribution in [1.29, 1.82) is 0 Å². The zero-order chi connectivity index (χ0) is 6.32. The first-order valence-corrected chi connectivity index (χ1v) is 3.95. The fourth-order valence-corrected chi connectivity index (χ4v) is 2.29. The second-order valence-electron chi connectivity index (χ2n) is 3.65. The fourth-order valence-electron chi connectivity index (χ4n) is 2.29. The Bertz CT molecular complexity index is 106. The van der Waals surface area contributed by atoms with Crippen LogP contribution in [0.1, 0.15) is 32.6 Å². The lowest BCUT2D eigenvalue weighted by atomic mass is 9.70. The quantitative estimate of drug-likeness (QED) is 0.482. The minimum atomic E-state index is 0.388. The highest BCUT2D eigenvalue weighted by Gasteiger charge is 2.44. The highest BCUT2D eigenvalue weighted by molar-refractivity contribution is 4.96. The van der Waals surface area contributed by atoms with Crippen molar-refractivity contribution in [2.75, 3.05) is 6.61 Å². The summed E-state index contributed by atoms with van der Waals surface area (Å²) in [7, 11) is 0. The molecule has 2 fully saturated rings. The smallest absolute Gasteiger partial charge is 0.0688 e. The summed E-state index contributed by atoms with van der Waals surface area (Å²) in [4.78, 5) is 0. The highest BCUT2D eigenvalue weighted by Crippen LogP contribution is 2.46. The largest absolute Gasteiger partial charge is 0.375 e. The van der Waals surface area contributed by atoms with Crippen LogP contribution >= 0.6 is 0 Å². The first-order valence-electron chi connectivity index (χ1n) is 3.95. The van der Waals surface area contributed by atoms with Gasteiger partial charge in [-0.25, -0.2) is 0 Å². The molecule has 0 atom stereocenters. The molecule has 0 N–H and O–H groups in total. The third-order valence-electron chi connectivity index (χ3n) is 2.63. The van der Waals surface area contributed by atoms with Crippen molar-refractivity contribution < 1.29 is 4.74 Å². The van der Waals surface area contributed by atoms with Crippen molar-refractivity contribution in [1.82, 2.24) is 0 Å². The zero-order valence-corrected chi connectivity index (χ0v) is 6.02. The molecule has 2 aliphatic rings. The lowest BCUT2D eigenvalue weighted by Gasteiger charge is -2.42. The van der Waals surface area contributed by atoms with Crippen LogP contribution < -0.4 is 0 Å². The second kappa shape index (κ2) is 1.72. The van der Waals surface area contributed by atoms with Gasteiger partial charge in [0.15, 0.2) is 0 Å². The molecule has 0 aromatic rings. The lowest BCUT2D eigenvalue weighted by Crippen LogP contribution is -2.41. The van der Waals surface area contributed by atoms with E-state index in [1.54, 1.807) is 0 Å². The Morgan fingerprint density at radius 3 is 2.67 bits per heavy atom. The monoisotopic (exact) mass is 126 g/mol. The molecule has 1 heteroatoms. The molecular formula is C8H14O. The van der Waals surface area contributed by atoms with E-state index in [0.717, 1.165) is 12.5 Å². The van der Waals surface area contributed by atoms with E-state index in [1.165, 1.54) is 25.7 Å². The van der Waals surface area contributed by atoms with Gasteiger partial charge in [-0.2, -0.15) is 0 Å². The Balaban J connectivity index is 1.95. The van der Waals surface area contributed by atoms with E-state index in [9.17, 15) is 0 Å². The predicted octanol–water partition coefficient (Wildman–Crippen LogP) is 1.97. The predicted molar refractivity (Wildman–Crippen MR) is 36.3 cm³/mol. The van der Waals surface area contributed by atoms with E-state index in [0.29, 0.717) is 5.60 Å². The average molecular weight is 126 g/mol. The van der Waals surface area contributed by atoms with E-state index < -0.39 is 0 Å². The van der Waals surface area contributed by atoms with Crippen LogP contribution in [0.25, 0.3) is 0 Å². The van der Waals surface area contributed by atoms with Crippen LogP contribution in [0.5, 0.6) is 0 Å². The maximum absolute atomic E-state index is 5.65. The highest BCUT2D eigenvalue weighted by atomic mass is 16.5. The summed E-state index contributed by atoms with van der Waals surface area (Å²) >= 11 is 0. The van der Waals surface area contributed by atoms with Gasteiger partial charge in [0.1, 0.15) is 0 Å². The van der Waals surface area contributed by atoms with Crippen molar-refractivity contribution in [3.63, 3.8) is 0 Å². The molecule has 0 radical (unpaired) electrons. The number of hydrogen-bond donors (Lipinski definition) is 0. The van der Waals surface area contributed by atoms with Crippen LogP contribution in [-0.2, 0) is 4.74 Å². The summed E-state index contributed by atoms with van der Waals surface area (Å²) in [5.74, 6) is 0.933. The van der Waals surface area contributed by atoms with Crippen LogP contribution in [0.4, 0.5) is 0 Å². The van der Waals surface area contributed by atoms with Crippen molar-refractivity contribution in [3.05, 3.63) is 0 Å². The topological polar surface area (TPSA) is 9.23 Å². The zero-order valence-electron chi connectivity index (χ0n) is 6.02. The van der Waals surface area contributed by atoms with Crippen LogP contribution in [0.15, 0.2) is 0 Å². The summed E-state index contributed by atoms with van der Waals surface area (Å²) in [6.07, 6.45) is 5.28. The van der Waals surface area contributed by atoms with Gasteiger partial charge in [-0.15, -0.1) is 0 Å². The van der Waals surface area contributed by atoms with Crippen LogP contribution in [-0.4, -0.2) is 12.2 Å². The van der Waals surface area contributed by atoms with Crippen molar-refractivity contribution >= 4 is 0 Å². The van der Waals surface area contributed by atoms with Crippen LogP contribution in [0.2, 0.25) is 0 Å². The molecule has 1 saturated heterocycles. The molecule has 0 amide bonds. The lowest BCUT2D eigenvalue weighted by molar-refractivity contribution is -0.0854. The van der Waals surface area contributed by atoms with Gasteiger partial charge in [0.05, 0.1) is 5.60 Å². The van der Waals surface area contributed by atoms with Gasteiger partial charge in [0, 0.05) is 6.61 Å². The maximum atomic E-state index is 5.65. The van der Waals surface area contributed by atoms with Crippen molar-refractivity contribution in [2.45, 2.75) is 38.2 Å². The Morgan fingerprint density at radius 2 is 2.22 bits per heavy atom. The summed E-state index contributed by atoms with van der Waals surface area (Å²) in [6.45, 7) is 3.33. The van der Waals surface area contributed by atoms with Gasteiger partial charge in [0.25, 0.3) is 0 Å². The first-order chi connectivity index (χ1) is 4.31. The molecule has 1 aliphatic heterocycles. The molecule has 1 saturated carbocycles. The molecule has 0 bridgehead atoms. The van der Waals surface area contributed by atoms with Gasteiger partial charge in [-0.05, 0) is 31.6 Å². The molecule has 52 valence electrons. The minimum Gasteiger partial charge on any atom is -0.375 e. The van der Waals surface area contributed by atoms with E-state index in [2.05, 4.69) is 6.92 Å². The molecule has 1 heterocycles. The second-order valence-corrected chi connectivity index (χ2v) is 3.65. The van der Waals surface area contributed by atoms with E-state index in [1.807, 2.05) is 0 Å². The van der Waals surface area contributed by atoms with E-state index in [-0.39, 0.29) is 0 Å². The molecule has 1 nitrogen and oxygen atoms in total. The fraction of sp³-hybridized carbons (Fsp3) is 1.00. The molecule has 9 heavy (non-hydrogen) atoms. The van der Waals surface area contributed by atoms with Crippen molar-refractivity contribution in [3.8, 4) is 0 Å².